The lowest BCUT2D eigenvalue weighted by atomic mass is 10.2. The summed E-state index contributed by atoms with van der Waals surface area (Å²) in [7, 11) is 1.77. The average Bonchev–Trinajstić information content (AvgIpc) is 3.21. The highest BCUT2D eigenvalue weighted by molar-refractivity contribution is 5.79. The lowest BCUT2D eigenvalue weighted by Gasteiger charge is -2.11. The van der Waals surface area contributed by atoms with Gasteiger partial charge in [-0.1, -0.05) is 31.5 Å². The SMILES string of the molecule is CCCCOCCOCCNC(=NC)NCCc1cnn(-c2ccccc2)c1. The second-order valence-electron chi connectivity index (χ2n) is 6.38. The first-order chi connectivity index (χ1) is 13.8. The molecule has 154 valence electrons. The molecule has 28 heavy (non-hydrogen) atoms. The molecule has 7 heteroatoms. The minimum atomic E-state index is 0.627. The van der Waals surface area contributed by atoms with E-state index in [1.807, 2.05) is 41.2 Å². The zero-order valence-electron chi connectivity index (χ0n) is 17.1. The number of hydrogen-bond acceptors (Lipinski definition) is 4. The molecule has 0 amide bonds. The molecule has 0 atom stereocenters. The average molecular weight is 388 g/mol. The molecule has 0 saturated heterocycles. The lowest BCUT2D eigenvalue weighted by Crippen LogP contribution is -2.39. The minimum Gasteiger partial charge on any atom is -0.379 e. The van der Waals surface area contributed by atoms with Crippen molar-refractivity contribution in [1.82, 2.24) is 20.4 Å². The van der Waals surface area contributed by atoms with Crippen LogP contribution in [0.2, 0.25) is 0 Å². The molecule has 0 spiro atoms. The molecule has 2 N–H and O–H groups in total. The summed E-state index contributed by atoms with van der Waals surface area (Å²) in [4.78, 5) is 4.23. The molecule has 1 heterocycles. The van der Waals surface area contributed by atoms with Gasteiger partial charge in [-0.25, -0.2) is 4.68 Å². The molecule has 0 saturated carbocycles. The van der Waals surface area contributed by atoms with Crippen LogP contribution in [-0.4, -0.2) is 62.3 Å². The molecule has 1 aromatic heterocycles. The van der Waals surface area contributed by atoms with Gasteiger partial charge >= 0.3 is 0 Å². The maximum Gasteiger partial charge on any atom is 0.191 e. The molecule has 1 aromatic carbocycles. The van der Waals surface area contributed by atoms with Gasteiger partial charge in [-0.05, 0) is 30.5 Å². The molecule has 0 aliphatic carbocycles. The third-order valence-electron chi connectivity index (χ3n) is 4.14. The smallest absolute Gasteiger partial charge is 0.191 e. The molecule has 2 aromatic rings. The Balaban J connectivity index is 1.56. The van der Waals surface area contributed by atoms with Gasteiger partial charge in [0, 0.05) is 32.9 Å². The summed E-state index contributed by atoms with van der Waals surface area (Å²) in [5.41, 5.74) is 2.24. The summed E-state index contributed by atoms with van der Waals surface area (Å²) < 4.78 is 12.9. The number of ether oxygens (including phenoxy) is 2. The third-order valence-corrected chi connectivity index (χ3v) is 4.14. The normalized spacial score (nSPS) is 11.6. The molecule has 0 unspecified atom stereocenters. The number of nitrogens with zero attached hydrogens (tertiary/aromatic N) is 3. The molecular formula is C21H33N5O2. The summed E-state index contributed by atoms with van der Waals surface area (Å²) in [6.45, 7) is 6.38. The van der Waals surface area contributed by atoms with Crippen molar-refractivity contribution in [3.05, 3.63) is 48.3 Å². The maximum absolute atomic E-state index is 5.55. The zero-order valence-corrected chi connectivity index (χ0v) is 17.1. The van der Waals surface area contributed by atoms with Gasteiger partial charge in [0.25, 0.3) is 0 Å². The van der Waals surface area contributed by atoms with Crippen molar-refractivity contribution < 1.29 is 9.47 Å². The van der Waals surface area contributed by atoms with E-state index in [2.05, 4.69) is 33.8 Å². The van der Waals surface area contributed by atoms with Gasteiger partial charge in [-0.15, -0.1) is 0 Å². The topological polar surface area (TPSA) is 72.7 Å². The van der Waals surface area contributed by atoms with E-state index in [0.29, 0.717) is 26.4 Å². The predicted molar refractivity (Wildman–Crippen MR) is 113 cm³/mol. The van der Waals surface area contributed by atoms with Crippen LogP contribution in [0.5, 0.6) is 0 Å². The number of nitrogens with one attached hydrogen (secondary N) is 2. The van der Waals surface area contributed by atoms with E-state index >= 15 is 0 Å². The number of guanidine groups is 1. The molecular weight excluding hydrogens is 354 g/mol. The summed E-state index contributed by atoms with van der Waals surface area (Å²) >= 11 is 0. The summed E-state index contributed by atoms with van der Waals surface area (Å²) in [6, 6.07) is 10.1. The molecule has 7 nitrogen and oxygen atoms in total. The van der Waals surface area contributed by atoms with E-state index in [-0.39, 0.29) is 0 Å². The largest absolute Gasteiger partial charge is 0.379 e. The molecule has 0 bridgehead atoms. The van der Waals surface area contributed by atoms with E-state index in [4.69, 9.17) is 9.47 Å². The van der Waals surface area contributed by atoms with E-state index in [0.717, 1.165) is 44.1 Å². The monoisotopic (exact) mass is 387 g/mol. The van der Waals surface area contributed by atoms with Crippen LogP contribution in [-0.2, 0) is 15.9 Å². The van der Waals surface area contributed by atoms with Gasteiger partial charge in [0.05, 0.1) is 31.7 Å². The summed E-state index contributed by atoms with van der Waals surface area (Å²) in [5.74, 6) is 0.776. The molecule has 0 radical (unpaired) electrons. The Morgan fingerprint density at radius 3 is 2.54 bits per heavy atom. The number of benzene rings is 1. The van der Waals surface area contributed by atoms with Crippen molar-refractivity contribution in [1.29, 1.82) is 0 Å². The van der Waals surface area contributed by atoms with Gasteiger partial charge < -0.3 is 20.1 Å². The Hall–Kier alpha value is -2.38. The van der Waals surface area contributed by atoms with Crippen molar-refractivity contribution in [3.63, 3.8) is 0 Å². The molecule has 0 aliphatic rings. The maximum atomic E-state index is 5.55. The Labute approximate surface area is 168 Å². The van der Waals surface area contributed by atoms with Crippen LogP contribution in [0.3, 0.4) is 0 Å². The second kappa shape index (κ2) is 13.7. The van der Waals surface area contributed by atoms with Crippen LogP contribution in [0.15, 0.2) is 47.7 Å². The van der Waals surface area contributed by atoms with Crippen LogP contribution in [0.1, 0.15) is 25.3 Å². The van der Waals surface area contributed by atoms with Crippen molar-refractivity contribution in [2.45, 2.75) is 26.2 Å². The standard InChI is InChI=1S/C21H33N5O2/c1-3-4-13-27-15-16-28-14-12-24-21(22-2)23-11-10-19-17-25-26(18-19)20-8-6-5-7-9-20/h5-9,17-18H,3-4,10-16H2,1-2H3,(H2,22,23,24). The highest BCUT2D eigenvalue weighted by Gasteiger charge is 2.02. The highest BCUT2D eigenvalue weighted by atomic mass is 16.5. The minimum absolute atomic E-state index is 0.627. The van der Waals surface area contributed by atoms with Crippen molar-refractivity contribution in [2.75, 3.05) is 46.6 Å². The molecule has 0 fully saturated rings. The van der Waals surface area contributed by atoms with E-state index in [9.17, 15) is 0 Å². The van der Waals surface area contributed by atoms with Crippen LogP contribution in [0, 0.1) is 0 Å². The predicted octanol–water partition coefficient (Wildman–Crippen LogP) is 2.41. The quantitative estimate of drug-likeness (QED) is 0.314. The molecule has 0 aliphatic heterocycles. The first-order valence-electron chi connectivity index (χ1n) is 10.0. The van der Waals surface area contributed by atoms with Crippen LogP contribution in [0.25, 0.3) is 5.69 Å². The molecule has 2 rings (SSSR count). The highest BCUT2D eigenvalue weighted by Crippen LogP contribution is 2.07. The van der Waals surface area contributed by atoms with Crippen molar-refractivity contribution in [3.8, 4) is 5.69 Å². The Bertz CT molecular complexity index is 672. The number of aromatic nitrogens is 2. The Morgan fingerprint density at radius 2 is 1.79 bits per heavy atom. The van der Waals surface area contributed by atoms with Gasteiger partial charge in [0.1, 0.15) is 0 Å². The van der Waals surface area contributed by atoms with E-state index in [1.165, 1.54) is 5.56 Å². The van der Waals surface area contributed by atoms with E-state index < -0.39 is 0 Å². The fraction of sp³-hybridized carbons (Fsp3) is 0.524. The lowest BCUT2D eigenvalue weighted by molar-refractivity contribution is 0.0487. The Kier molecular flexibility index (Phi) is 10.8. The number of unbranched alkanes of at least 4 members (excludes halogenated alkanes) is 1. The number of rotatable bonds is 13. The first kappa shape index (κ1) is 21.9. The number of hydrogen-bond donors (Lipinski definition) is 2. The van der Waals surface area contributed by atoms with Crippen LogP contribution in [0.4, 0.5) is 0 Å². The summed E-state index contributed by atoms with van der Waals surface area (Å²) in [5, 5.41) is 11.0. The van der Waals surface area contributed by atoms with Crippen LogP contribution >= 0.6 is 0 Å². The van der Waals surface area contributed by atoms with Gasteiger partial charge in [-0.3, -0.25) is 4.99 Å². The van der Waals surface area contributed by atoms with Crippen LogP contribution < -0.4 is 10.6 Å². The number of aliphatic imine (C=N–C) groups is 1. The number of para-hydroxylation sites is 1. The van der Waals surface area contributed by atoms with Gasteiger partial charge in [-0.2, -0.15) is 5.10 Å². The Morgan fingerprint density at radius 1 is 1.04 bits per heavy atom. The van der Waals surface area contributed by atoms with Gasteiger partial charge in [0.15, 0.2) is 5.96 Å². The van der Waals surface area contributed by atoms with E-state index in [1.54, 1.807) is 7.05 Å². The van der Waals surface area contributed by atoms with Crippen molar-refractivity contribution >= 4 is 5.96 Å². The van der Waals surface area contributed by atoms with Crippen molar-refractivity contribution in [2.24, 2.45) is 4.99 Å². The second-order valence-corrected chi connectivity index (χ2v) is 6.38. The zero-order chi connectivity index (χ0) is 19.9. The van der Waals surface area contributed by atoms with Gasteiger partial charge in [0.2, 0.25) is 0 Å². The fourth-order valence-electron chi connectivity index (χ4n) is 2.57. The first-order valence-corrected chi connectivity index (χ1v) is 10.0. The fourth-order valence-corrected chi connectivity index (χ4v) is 2.57. The summed E-state index contributed by atoms with van der Waals surface area (Å²) in [6.07, 6.45) is 7.10. The third kappa shape index (κ3) is 8.54.